The molecule has 1 aromatic heterocycles. The lowest BCUT2D eigenvalue weighted by Gasteiger charge is -2.24. The van der Waals surface area contributed by atoms with Crippen LogP contribution in [0.4, 0.5) is 5.82 Å². The van der Waals surface area contributed by atoms with E-state index in [0.717, 1.165) is 18.0 Å². The Morgan fingerprint density at radius 2 is 2.41 bits per heavy atom. The number of hydrogen-bond acceptors (Lipinski definition) is 5. The van der Waals surface area contributed by atoms with Gasteiger partial charge in [-0.15, -0.1) is 0 Å². The first-order chi connectivity index (χ1) is 8.15. The highest BCUT2D eigenvalue weighted by Gasteiger charge is 2.25. The fourth-order valence-electron chi connectivity index (χ4n) is 2.20. The normalized spacial score (nSPS) is 20.2. The van der Waals surface area contributed by atoms with E-state index >= 15 is 0 Å². The zero-order chi connectivity index (χ0) is 12.4. The molecule has 1 aliphatic rings. The number of rotatable bonds is 2. The summed E-state index contributed by atoms with van der Waals surface area (Å²) in [5, 5.41) is 0. The molecule has 0 saturated carbocycles. The van der Waals surface area contributed by atoms with Gasteiger partial charge in [0.25, 0.3) is 0 Å². The first-order valence-electron chi connectivity index (χ1n) is 5.65. The topological polar surface area (TPSA) is 70.1 Å². The Hall–Kier alpha value is -1.17. The highest BCUT2D eigenvalue weighted by molar-refractivity contribution is 7.99. The number of aromatic nitrogens is 2. The number of esters is 1. The molecule has 0 bridgehead atoms. The molecule has 0 amide bonds. The second kappa shape index (κ2) is 5.00. The van der Waals surface area contributed by atoms with Crippen LogP contribution in [0.3, 0.4) is 0 Å². The minimum absolute atomic E-state index is 0.237. The molecule has 17 heavy (non-hydrogen) atoms. The van der Waals surface area contributed by atoms with Gasteiger partial charge in [0.2, 0.25) is 0 Å². The minimum atomic E-state index is -0.465. The molecule has 0 aliphatic carbocycles. The zero-order valence-corrected chi connectivity index (χ0v) is 10.9. The maximum Gasteiger partial charge on any atom is 0.360 e. The van der Waals surface area contributed by atoms with Gasteiger partial charge >= 0.3 is 5.97 Å². The molecular formula is C11H17N3O2S. The van der Waals surface area contributed by atoms with Crippen molar-refractivity contribution in [1.82, 2.24) is 9.55 Å². The van der Waals surface area contributed by atoms with Gasteiger partial charge < -0.3 is 15.0 Å². The maximum absolute atomic E-state index is 11.5. The Kier molecular flexibility index (Phi) is 3.61. The van der Waals surface area contributed by atoms with E-state index in [2.05, 4.69) is 9.72 Å². The van der Waals surface area contributed by atoms with E-state index in [0.29, 0.717) is 11.9 Å². The van der Waals surface area contributed by atoms with Crippen molar-refractivity contribution in [3.05, 3.63) is 11.5 Å². The SMILES string of the molecule is COC(=O)c1nc(C)n(C2CCCSC2)c1N. The third-order valence-electron chi connectivity index (χ3n) is 3.00. The van der Waals surface area contributed by atoms with Gasteiger partial charge in [-0.05, 0) is 25.5 Å². The predicted molar refractivity (Wildman–Crippen MR) is 68.3 cm³/mol. The van der Waals surface area contributed by atoms with E-state index in [-0.39, 0.29) is 5.69 Å². The summed E-state index contributed by atoms with van der Waals surface area (Å²) >= 11 is 1.92. The van der Waals surface area contributed by atoms with Crippen LogP contribution in [0, 0.1) is 6.92 Å². The van der Waals surface area contributed by atoms with Gasteiger partial charge in [0.15, 0.2) is 5.69 Å². The van der Waals surface area contributed by atoms with Gasteiger partial charge in [-0.3, -0.25) is 0 Å². The third-order valence-corrected chi connectivity index (χ3v) is 4.20. The monoisotopic (exact) mass is 255 g/mol. The van der Waals surface area contributed by atoms with Crippen LogP contribution in [0.2, 0.25) is 0 Å². The maximum atomic E-state index is 11.5. The predicted octanol–water partition coefficient (Wildman–Crippen LogP) is 1.63. The van der Waals surface area contributed by atoms with Gasteiger partial charge in [0.1, 0.15) is 11.6 Å². The fourth-order valence-corrected chi connectivity index (χ4v) is 3.32. The molecule has 1 saturated heterocycles. The van der Waals surface area contributed by atoms with Crippen LogP contribution in [0.5, 0.6) is 0 Å². The molecule has 1 aliphatic heterocycles. The van der Waals surface area contributed by atoms with Gasteiger partial charge in [-0.2, -0.15) is 11.8 Å². The van der Waals surface area contributed by atoms with E-state index in [1.54, 1.807) is 0 Å². The lowest BCUT2D eigenvalue weighted by Crippen LogP contribution is -2.19. The van der Waals surface area contributed by atoms with E-state index < -0.39 is 5.97 Å². The largest absolute Gasteiger partial charge is 0.464 e. The lowest BCUT2D eigenvalue weighted by atomic mass is 10.2. The van der Waals surface area contributed by atoms with E-state index in [4.69, 9.17) is 5.73 Å². The molecule has 2 N–H and O–H groups in total. The molecule has 0 radical (unpaired) electrons. The summed E-state index contributed by atoms with van der Waals surface area (Å²) in [6.07, 6.45) is 2.27. The van der Waals surface area contributed by atoms with Gasteiger partial charge in [-0.25, -0.2) is 9.78 Å². The summed E-state index contributed by atoms with van der Waals surface area (Å²) in [6, 6.07) is 0.347. The molecule has 1 aromatic rings. The Morgan fingerprint density at radius 3 is 3.00 bits per heavy atom. The molecular weight excluding hydrogens is 238 g/mol. The first-order valence-corrected chi connectivity index (χ1v) is 6.81. The Morgan fingerprint density at radius 1 is 1.65 bits per heavy atom. The van der Waals surface area contributed by atoms with E-state index in [1.165, 1.54) is 19.3 Å². The number of carbonyl (C=O) groups is 1. The fraction of sp³-hybridized carbons (Fsp3) is 0.636. The summed E-state index contributed by atoms with van der Waals surface area (Å²) in [6.45, 7) is 1.88. The quantitative estimate of drug-likeness (QED) is 0.813. The number of hydrogen-bond donors (Lipinski definition) is 1. The number of nitrogens with two attached hydrogens (primary N) is 1. The second-order valence-corrected chi connectivity index (χ2v) is 5.28. The Balaban J connectivity index is 2.33. The van der Waals surface area contributed by atoms with Crippen molar-refractivity contribution in [2.75, 3.05) is 24.3 Å². The summed E-state index contributed by atoms with van der Waals surface area (Å²) in [4.78, 5) is 15.7. The molecule has 6 heteroatoms. The smallest absolute Gasteiger partial charge is 0.360 e. The van der Waals surface area contributed by atoms with Crippen molar-refractivity contribution in [2.24, 2.45) is 0 Å². The zero-order valence-electron chi connectivity index (χ0n) is 10.1. The lowest BCUT2D eigenvalue weighted by molar-refractivity contribution is 0.0595. The molecule has 2 rings (SSSR count). The van der Waals surface area contributed by atoms with E-state index in [1.807, 2.05) is 23.3 Å². The molecule has 94 valence electrons. The summed E-state index contributed by atoms with van der Waals surface area (Å²) < 4.78 is 6.64. The second-order valence-electron chi connectivity index (χ2n) is 4.13. The number of ether oxygens (including phenoxy) is 1. The van der Waals surface area contributed by atoms with Crippen LogP contribution in [0.1, 0.15) is 35.2 Å². The van der Waals surface area contributed by atoms with Crippen LogP contribution in [0.25, 0.3) is 0 Å². The van der Waals surface area contributed by atoms with Crippen molar-refractivity contribution in [1.29, 1.82) is 0 Å². The van der Waals surface area contributed by atoms with Crippen LogP contribution in [0.15, 0.2) is 0 Å². The number of anilines is 1. The van der Waals surface area contributed by atoms with Gasteiger partial charge in [0, 0.05) is 11.8 Å². The molecule has 2 heterocycles. The minimum Gasteiger partial charge on any atom is -0.464 e. The highest BCUT2D eigenvalue weighted by Crippen LogP contribution is 2.31. The van der Waals surface area contributed by atoms with Crippen molar-refractivity contribution in [2.45, 2.75) is 25.8 Å². The van der Waals surface area contributed by atoms with E-state index in [9.17, 15) is 4.79 Å². The average molecular weight is 255 g/mol. The molecule has 0 aromatic carbocycles. The first kappa shape index (κ1) is 12.3. The summed E-state index contributed by atoms with van der Waals surface area (Å²) in [5.74, 6) is 2.99. The molecule has 1 fully saturated rings. The summed E-state index contributed by atoms with van der Waals surface area (Å²) in [7, 11) is 1.34. The number of nitrogens with zero attached hydrogens (tertiary/aromatic N) is 2. The number of imidazole rings is 1. The average Bonchev–Trinajstić information content (AvgIpc) is 2.65. The van der Waals surface area contributed by atoms with Gasteiger partial charge in [-0.1, -0.05) is 0 Å². The van der Waals surface area contributed by atoms with Crippen molar-refractivity contribution in [3.63, 3.8) is 0 Å². The molecule has 1 unspecified atom stereocenters. The summed E-state index contributed by atoms with van der Waals surface area (Å²) in [5.41, 5.74) is 6.24. The van der Waals surface area contributed by atoms with Gasteiger partial charge in [0.05, 0.1) is 7.11 Å². The number of nitrogen functional groups attached to an aromatic ring is 1. The van der Waals surface area contributed by atoms with Crippen LogP contribution >= 0.6 is 11.8 Å². The van der Waals surface area contributed by atoms with Crippen molar-refractivity contribution in [3.8, 4) is 0 Å². The highest BCUT2D eigenvalue weighted by atomic mass is 32.2. The third kappa shape index (κ3) is 2.26. The number of methoxy groups -OCH3 is 1. The number of carbonyl (C=O) groups excluding carboxylic acids is 1. The Bertz CT molecular complexity index is 425. The van der Waals surface area contributed by atoms with Crippen molar-refractivity contribution < 1.29 is 9.53 Å². The molecule has 1 atom stereocenters. The molecule has 0 spiro atoms. The van der Waals surface area contributed by atoms with Crippen LogP contribution < -0.4 is 5.73 Å². The standard InChI is InChI=1S/C11H17N3O2S/c1-7-13-9(11(15)16-2)10(12)14(7)8-4-3-5-17-6-8/h8H,3-6,12H2,1-2H3. The Labute approximate surface area is 105 Å². The van der Waals surface area contributed by atoms with Crippen LogP contribution in [-0.4, -0.2) is 34.1 Å². The number of thioether (sulfide) groups is 1. The molecule has 5 nitrogen and oxygen atoms in total. The van der Waals surface area contributed by atoms with Crippen molar-refractivity contribution >= 4 is 23.5 Å². The number of aryl methyl sites for hydroxylation is 1. The van der Waals surface area contributed by atoms with Crippen LogP contribution in [-0.2, 0) is 4.74 Å².